The van der Waals surface area contributed by atoms with Crippen molar-refractivity contribution < 1.29 is 13.5 Å². The number of nitrogens with one attached hydrogen (secondary N) is 1. The van der Waals surface area contributed by atoms with E-state index in [1.807, 2.05) is 0 Å². The van der Waals surface area contributed by atoms with Crippen molar-refractivity contribution in [3.63, 3.8) is 0 Å². The van der Waals surface area contributed by atoms with Gasteiger partial charge in [-0.1, -0.05) is 6.08 Å². The maximum absolute atomic E-state index is 11.6. The Labute approximate surface area is 84.4 Å². The summed E-state index contributed by atoms with van der Waals surface area (Å²) in [6, 6.07) is -0.112. The lowest BCUT2D eigenvalue weighted by Crippen LogP contribution is -2.30. The molecule has 0 heterocycles. The molecule has 0 saturated carbocycles. The van der Waals surface area contributed by atoms with E-state index >= 15 is 0 Å². The predicted octanol–water partition coefficient (Wildman–Crippen LogP) is 0.521. The molecule has 0 unspecified atom stereocenters. The molecule has 0 radical (unpaired) electrons. The molecule has 0 saturated heterocycles. The molecule has 4 nitrogen and oxygen atoms in total. The normalized spacial score (nSPS) is 17.1. The molecule has 1 rings (SSSR count). The Morgan fingerprint density at radius 3 is 2.64 bits per heavy atom. The quantitative estimate of drug-likeness (QED) is 0.721. The molecule has 5 heteroatoms. The van der Waals surface area contributed by atoms with Crippen LogP contribution in [0.15, 0.2) is 22.6 Å². The minimum atomic E-state index is -3.35. The molecule has 0 aromatic heterocycles. The molecule has 1 aliphatic carbocycles. The maximum atomic E-state index is 11.6. The Kier molecular flexibility index (Phi) is 3.47. The van der Waals surface area contributed by atoms with E-state index in [0.717, 1.165) is 0 Å². The number of hydrogen-bond donors (Lipinski definition) is 2. The lowest BCUT2D eigenvalue weighted by molar-refractivity contribution is 0.335. The molecule has 1 aliphatic rings. The van der Waals surface area contributed by atoms with Crippen LogP contribution in [0, 0.1) is 0 Å². The number of aliphatic hydroxyl groups excluding tert-OH is 1. The summed E-state index contributed by atoms with van der Waals surface area (Å²) in [5.41, 5.74) is 0.661. The van der Waals surface area contributed by atoms with Crippen LogP contribution in [0.5, 0.6) is 0 Å². The highest BCUT2D eigenvalue weighted by Gasteiger charge is 2.20. The molecule has 0 aliphatic heterocycles. The van der Waals surface area contributed by atoms with Gasteiger partial charge in [-0.05, 0) is 25.5 Å². The van der Waals surface area contributed by atoms with Crippen molar-refractivity contribution in [2.24, 2.45) is 0 Å². The Bertz CT molecular complexity index is 366. The molecule has 14 heavy (non-hydrogen) atoms. The standard InChI is InChI=1S/C9H15NO3S/c1-7(2)10-14(12,13)9-4-3-8(5-9)6-11/h3,5,7,10-11H,4,6H2,1-2H3. The second-order valence-corrected chi connectivity index (χ2v) is 5.29. The van der Waals surface area contributed by atoms with Gasteiger partial charge in [0.15, 0.2) is 0 Å². The minimum Gasteiger partial charge on any atom is -0.392 e. The smallest absolute Gasteiger partial charge is 0.237 e. The number of aliphatic hydroxyl groups is 1. The van der Waals surface area contributed by atoms with E-state index < -0.39 is 10.0 Å². The first-order valence-corrected chi connectivity index (χ1v) is 5.97. The zero-order valence-corrected chi connectivity index (χ0v) is 9.13. The molecular weight excluding hydrogens is 202 g/mol. The third-order valence-corrected chi connectivity index (χ3v) is 3.59. The topological polar surface area (TPSA) is 66.4 Å². The lowest BCUT2D eigenvalue weighted by Gasteiger charge is -2.09. The first-order chi connectivity index (χ1) is 6.45. The molecule has 0 aromatic carbocycles. The van der Waals surface area contributed by atoms with E-state index in [1.165, 1.54) is 6.08 Å². The number of sulfonamides is 1. The average molecular weight is 217 g/mol. The molecule has 80 valence electrons. The van der Waals surface area contributed by atoms with Crippen molar-refractivity contribution in [3.8, 4) is 0 Å². The van der Waals surface area contributed by atoms with E-state index in [9.17, 15) is 8.42 Å². The van der Waals surface area contributed by atoms with Crippen LogP contribution in [0.1, 0.15) is 20.3 Å². The van der Waals surface area contributed by atoms with Crippen LogP contribution in [0.3, 0.4) is 0 Å². The molecule has 0 spiro atoms. The number of allylic oxidation sites excluding steroid dienone is 2. The van der Waals surface area contributed by atoms with E-state index in [4.69, 9.17) is 5.11 Å². The van der Waals surface area contributed by atoms with Crippen molar-refractivity contribution in [2.75, 3.05) is 6.61 Å². The van der Waals surface area contributed by atoms with E-state index in [1.54, 1.807) is 19.9 Å². The fraction of sp³-hybridized carbons (Fsp3) is 0.556. The predicted molar refractivity (Wildman–Crippen MR) is 55.1 cm³/mol. The van der Waals surface area contributed by atoms with Gasteiger partial charge in [0, 0.05) is 12.5 Å². The van der Waals surface area contributed by atoms with E-state index in [-0.39, 0.29) is 12.6 Å². The third kappa shape index (κ3) is 2.67. The summed E-state index contributed by atoms with van der Waals surface area (Å²) in [5.74, 6) is 0. The van der Waals surface area contributed by atoms with Gasteiger partial charge >= 0.3 is 0 Å². The van der Waals surface area contributed by atoms with Crippen LogP contribution in [0.4, 0.5) is 0 Å². The molecule has 0 amide bonds. The van der Waals surface area contributed by atoms with Crippen LogP contribution in [0.25, 0.3) is 0 Å². The Hall–Kier alpha value is -0.650. The minimum absolute atomic E-state index is 0.110. The molecule has 0 bridgehead atoms. The first-order valence-electron chi connectivity index (χ1n) is 4.48. The Morgan fingerprint density at radius 2 is 2.21 bits per heavy atom. The summed E-state index contributed by atoms with van der Waals surface area (Å²) in [7, 11) is -3.35. The summed E-state index contributed by atoms with van der Waals surface area (Å²) < 4.78 is 25.7. The SMILES string of the molecule is CC(C)NS(=O)(=O)C1=CC(CO)=CC1. The fourth-order valence-electron chi connectivity index (χ4n) is 1.24. The largest absolute Gasteiger partial charge is 0.392 e. The second-order valence-electron chi connectivity index (χ2n) is 3.53. The third-order valence-electron chi connectivity index (χ3n) is 1.83. The van der Waals surface area contributed by atoms with Gasteiger partial charge in [0.05, 0.1) is 11.5 Å². The van der Waals surface area contributed by atoms with Gasteiger partial charge in [-0.3, -0.25) is 0 Å². The van der Waals surface area contributed by atoms with Gasteiger partial charge in [-0.15, -0.1) is 0 Å². The highest BCUT2D eigenvalue weighted by atomic mass is 32.2. The van der Waals surface area contributed by atoms with Gasteiger partial charge < -0.3 is 5.11 Å². The van der Waals surface area contributed by atoms with Crippen molar-refractivity contribution in [1.82, 2.24) is 4.72 Å². The van der Waals surface area contributed by atoms with E-state index in [2.05, 4.69) is 4.72 Å². The molecule has 2 N–H and O–H groups in total. The fourth-order valence-corrected chi connectivity index (χ4v) is 2.62. The van der Waals surface area contributed by atoms with Crippen molar-refractivity contribution in [2.45, 2.75) is 26.3 Å². The average Bonchev–Trinajstić information content (AvgIpc) is 2.49. The Balaban J connectivity index is 2.78. The van der Waals surface area contributed by atoms with Gasteiger partial charge in [-0.25, -0.2) is 13.1 Å². The van der Waals surface area contributed by atoms with Crippen LogP contribution >= 0.6 is 0 Å². The lowest BCUT2D eigenvalue weighted by atomic mass is 10.3. The molecule has 0 aromatic rings. The second kappa shape index (κ2) is 4.25. The van der Waals surface area contributed by atoms with Crippen molar-refractivity contribution in [3.05, 3.63) is 22.6 Å². The van der Waals surface area contributed by atoms with Crippen LogP contribution in [-0.2, 0) is 10.0 Å². The summed E-state index contributed by atoms with van der Waals surface area (Å²) >= 11 is 0. The molecule has 0 fully saturated rings. The summed E-state index contributed by atoms with van der Waals surface area (Å²) in [4.78, 5) is 0.329. The van der Waals surface area contributed by atoms with Crippen LogP contribution < -0.4 is 4.72 Å². The maximum Gasteiger partial charge on any atom is 0.237 e. The van der Waals surface area contributed by atoms with Crippen LogP contribution in [-0.4, -0.2) is 26.2 Å². The van der Waals surface area contributed by atoms with Crippen LogP contribution in [0.2, 0.25) is 0 Å². The van der Waals surface area contributed by atoms with Gasteiger partial charge in [0.25, 0.3) is 0 Å². The van der Waals surface area contributed by atoms with Gasteiger partial charge in [-0.2, -0.15) is 0 Å². The summed E-state index contributed by atoms with van der Waals surface area (Å²) in [6.07, 6.45) is 3.61. The molecule has 0 atom stereocenters. The zero-order valence-electron chi connectivity index (χ0n) is 8.32. The highest BCUT2D eigenvalue weighted by molar-refractivity contribution is 7.93. The monoisotopic (exact) mass is 217 g/mol. The van der Waals surface area contributed by atoms with Gasteiger partial charge in [0.2, 0.25) is 10.0 Å². The van der Waals surface area contributed by atoms with E-state index in [0.29, 0.717) is 16.9 Å². The summed E-state index contributed by atoms with van der Waals surface area (Å²) in [6.45, 7) is 3.43. The zero-order chi connectivity index (χ0) is 10.8. The van der Waals surface area contributed by atoms with Crippen molar-refractivity contribution >= 4 is 10.0 Å². The Morgan fingerprint density at radius 1 is 1.57 bits per heavy atom. The first kappa shape index (κ1) is 11.4. The summed E-state index contributed by atoms with van der Waals surface area (Å²) in [5, 5.41) is 8.80. The number of rotatable bonds is 4. The number of hydrogen-bond acceptors (Lipinski definition) is 3. The highest BCUT2D eigenvalue weighted by Crippen LogP contribution is 2.21. The van der Waals surface area contributed by atoms with Gasteiger partial charge in [0.1, 0.15) is 0 Å². The van der Waals surface area contributed by atoms with Crippen molar-refractivity contribution in [1.29, 1.82) is 0 Å². The molecular formula is C9H15NO3S.